The van der Waals surface area contributed by atoms with Crippen molar-refractivity contribution in [2.24, 2.45) is 5.92 Å². The summed E-state index contributed by atoms with van der Waals surface area (Å²) in [6.07, 6.45) is 2.66. The van der Waals surface area contributed by atoms with Gasteiger partial charge in [0.15, 0.2) is 5.16 Å². The van der Waals surface area contributed by atoms with Crippen LogP contribution in [0.2, 0.25) is 0 Å². The van der Waals surface area contributed by atoms with Crippen LogP contribution in [-0.4, -0.2) is 63.7 Å². The van der Waals surface area contributed by atoms with Gasteiger partial charge < -0.3 is 4.90 Å². The number of aromatic nitrogens is 2. The Bertz CT molecular complexity index is 891. The third-order valence-electron chi connectivity index (χ3n) is 5.59. The van der Waals surface area contributed by atoms with Crippen LogP contribution in [0.4, 0.5) is 0 Å². The van der Waals surface area contributed by atoms with Gasteiger partial charge in [0.2, 0.25) is 5.91 Å². The van der Waals surface area contributed by atoms with Gasteiger partial charge in [0.1, 0.15) is 0 Å². The molecule has 1 fully saturated rings. The number of carbonyl (C=O) groups excluding carboxylic acids is 1. The molecule has 0 saturated carbocycles. The van der Waals surface area contributed by atoms with E-state index in [1.165, 1.54) is 17.3 Å². The number of carbonyl (C=O) groups is 1. The molecule has 1 aromatic carbocycles. The zero-order chi connectivity index (χ0) is 19.5. The molecule has 6 nitrogen and oxygen atoms in total. The van der Waals surface area contributed by atoms with E-state index in [2.05, 4.69) is 34.1 Å². The molecule has 148 valence electrons. The fourth-order valence-corrected chi connectivity index (χ4v) is 4.87. The Kier molecular flexibility index (Phi) is 5.82. The standard InChI is InChI=1S/C21H26N4O2S/c1-16-13-22-21-25(19(16)26)14-18(15-28-21)20(27)24-11-9-23(10-12-24)8-7-17-5-3-2-4-6-17/h2-6,13,18H,7-12,14-15H2,1H3/t18-/m0/s1. The van der Waals surface area contributed by atoms with Crippen molar-refractivity contribution < 1.29 is 4.79 Å². The number of rotatable bonds is 4. The fourth-order valence-electron chi connectivity index (χ4n) is 3.83. The van der Waals surface area contributed by atoms with Crippen LogP contribution < -0.4 is 5.56 Å². The Morgan fingerprint density at radius 3 is 2.68 bits per heavy atom. The molecule has 2 aliphatic rings. The van der Waals surface area contributed by atoms with Crippen molar-refractivity contribution in [3.8, 4) is 0 Å². The van der Waals surface area contributed by atoms with E-state index in [9.17, 15) is 9.59 Å². The number of aryl methyl sites for hydroxylation is 1. The number of amides is 1. The van der Waals surface area contributed by atoms with Gasteiger partial charge in [0, 0.05) is 56.8 Å². The molecular formula is C21H26N4O2S. The molecule has 1 aromatic heterocycles. The Morgan fingerprint density at radius 1 is 1.18 bits per heavy atom. The van der Waals surface area contributed by atoms with Gasteiger partial charge in [-0.1, -0.05) is 42.1 Å². The highest BCUT2D eigenvalue weighted by Gasteiger charge is 2.31. The Labute approximate surface area is 169 Å². The maximum atomic E-state index is 13.0. The van der Waals surface area contributed by atoms with Crippen molar-refractivity contribution >= 4 is 17.7 Å². The van der Waals surface area contributed by atoms with Crippen LogP contribution >= 0.6 is 11.8 Å². The summed E-state index contributed by atoms with van der Waals surface area (Å²) in [5.41, 5.74) is 1.96. The van der Waals surface area contributed by atoms with E-state index in [0.29, 0.717) is 17.9 Å². The predicted molar refractivity (Wildman–Crippen MR) is 111 cm³/mol. The molecule has 28 heavy (non-hydrogen) atoms. The molecule has 1 saturated heterocycles. The number of benzene rings is 1. The summed E-state index contributed by atoms with van der Waals surface area (Å²) in [5.74, 6) is 0.728. The second kappa shape index (κ2) is 8.49. The lowest BCUT2D eigenvalue weighted by molar-refractivity contribution is -0.137. The summed E-state index contributed by atoms with van der Waals surface area (Å²) in [7, 11) is 0. The highest BCUT2D eigenvalue weighted by molar-refractivity contribution is 7.99. The van der Waals surface area contributed by atoms with Crippen molar-refractivity contribution in [1.29, 1.82) is 0 Å². The quantitative estimate of drug-likeness (QED) is 0.733. The SMILES string of the molecule is Cc1cnc2n(c1=O)C[C@H](C(=O)N1CCN(CCc3ccccc3)CC1)CS2. The van der Waals surface area contributed by atoms with E-state index < -0.39 is 0 Å². The lowest BCUT2D eigenvalue weighted by Gasteiger charge is -2.37. The average molecular weight is 399 g/mol. The third kappa shape index (κ3) is 4.15. The molecular weight excluding hydrogens is 372 g/mol. The highest BCUT2D eigenvalue weighted by atomic mass is 32.2. The largest absolute Gasteiger partial charge is 0.340 e. The maximum Gasteiger partial charge on any atom is 0.257 e. The number of fused-ring (bicyclic) bond motifs is 1. The van der Waals surface area contributed by atoms with Crippen LogP contribution in [0.5, 0.6) is 0 Å². The molecule has 0 unspecified atom stereocenters. The molecule has 7 heteroatoms. The molecule has 0 aliphatic carbocycles. The normalized spacial score (nSPS) is 20.0. The van der Waals surface area contributed by atoms with Crippen LogP contribution in [-0.2, 0) is 17.8 Å². The van der Waals surface area contributed by atoms with E-state index >= 15 is 0 Å². The van der Waals surface area contributed by atoms with Gasteiger partial charge in [-0.25, -0.2) is 4.98 Å². The van der Waals surface area contributed by atoms with Crippen LogP contribution in [0, 0.1) is 12.8 Å². The molecule has 0 bridgehead atoms. The topological polar surface area (TPSA) is 58.4 Å². The third-order valence-corrected chi connectivity index (χ3v) is 6.74. The second-order valence-corrected chi connectivity index (χ2v) is 8.54. The zero-order valence-electron chi connectivity index (χ0n) is 16.2. The molecule has 0 spiro atoms. The van der Waals surface area contributed by atoms with E-state index in [0.717, 1.165) is 44.3 Å². The molecule has 1 amide bonds. The monoisotopic (exact) mass is 398 g/mol. The van der Waals surface area contributed by atoms with Crippen molar-refractivity contribution in [2.75, 3.05) is 38.5 Å². The summed E-state index contributed by atoms with van der Waals surface area (Å²) in [4.78, 5) is 34.1. The highest BCUT2D eigenvalue weighted by Crippen LogP contribution is 2.26. The van der Waals surface area contributed by atoms with Crippen molar-refractivity contribution in [3.05, 3.63) is 58.0 Å². The first-order chi connectivity index (χ1) is 13.6. The summed E-state index contributed by atoms with van der Waals surface area (Å²) in [6, 6.07) is 10.5. The average Bonchev–Trinajstić information content (AvgIpc) is 2.75. The van der Waals surface area contributed by atoms with E-state index in [-0.39, 0.29) is 17.4 Å². The molecule has 2 aromatic rings. The number of piperazine rings is 1. The molecule has 2 aliphatic heterocycles. The van der Waals surface area contributed by atoms with E-state index in [1.54, 1.807) is 17.7 Å². The minimum absolute atomic E-state index is 0.0271. The van der Waals surface area contributed by atoms with Gasteiger partial charge in [-0.2, -0.15) is 0 Å². The van der Waals surface area contributed by atoms with Crippen LogP contribution in [0.15, 0.2) is 46.5 Å². The smallest absolute Gasteiger partial charge is 0.257 e. The fraction of sp³-hybridized carbons (Fsp3) is 0.476. The zero-order valence-corrected chi connectivity index (χ0v) is 17.0. The summed E-state index contributed by atoms with van der Waals surface area (Å²) < 4.78 is 1.67. The molecule has 0 N–H and O–H groups in total. The lowest BCUT2D eigenvalue weighted by atomic mass is 10.1. The Hall–Kier alpha value is -2.12. The summed E-state index contributed by atoms with van der Waals surface area (Å²) in [5, 5.41) is 0.727. The van der Waals surface area contributed by atoms with Crippen LogP contribution in [0.25, 0.3) is 0 Å². The lowest BCUT2D eigenvalue weighted by Crippen LogP contribution is -2.52. The summed E-state index contributed by atoms with van der Waals surface area (Å²) >= 11 is 1.51. The minimum atomic E-state index is -0.144. The van der Waals surface area contributed by atoms with Gasteiger partial charge in [0.25, 0.3) is 5.56 Å². The number of nitrogens with zero attached hydrogens (tertiary/aromatic N) is 4. The molecule has 3 heterocycles. The first-order valence-corrected chi connectivity index (χ1v) is 10.8. The van der Waals surface area contributed by atoms with E-state index in [1.807, 2.05) is 11.0 Å². The second-order valence-electron chi connectivity index (χ2n) is 7.55. The van der Waals surface area contributed by atoms with Gasteiger partial charge in [-0.3, -0.25) is 19.1 Å². The minimum Gasteiger partial charge on any atom is -0.340 e. The molecule has 1 atom stereocenters. The number of thioether (sulfide) groups is 1. The summed E-state index contributed by atoms with van der Waals surface area (Å²) in [6.45, 7) is 6.60. The van der Waals surface area contributed by atoms with E-state index in [4.69, 9.17) is 0 Å². The molecule has 4 rings (SSSR count). The van der Waals surface area contributed by atoms with Crippen LogP contribution in [0.1, 0.15) is 11.1 Å². The number of hydrogen-bond acceptors (Lipinski definition) is 5. The maximum absolute atomic E-state index is 13.0. The predicted octanol–water partition coefficient (Wildman–Crippen LogP) is 1.66. The Morgan fingerprint density at radius 2 is 1.93 bits per heavy atom. The van der Waals surface area contributed by atoms with Gasteiger partial charge in [-0.15, -0.1) is 0 Å². The van der Waals surface area contributed by atoms with Crippen molar-refractivity contribution in [2.45, 2.75) is 25.0 Å². The first kappa shape index (κ1) is 19.2. The number of hydrogen-bond donors (Lipinski definition) is 0. The van der Waals surface area contributed by atoms with Gasteiger partial charge >= 0.3 is 0 Å². The van der Waals surface area contributed by atoms with Crippen molar-refractivity contribution in [3.63, 3.8) is 0 Å². The van der Waals surface area contributed by atoms with Gasteiger partial charge in [-0.05, 0) is 18.9 Å². The van der Waals surface area contributed by atoms with Crippen molar-refractivity contribution in [1.82, 2.24) is 19.4 Å². The Balaban J connectivity index is 1.31. The first-order valence-electron chi connectivity index (χ1n) is 9.86. The molecule has 0 radical (unpaired) electrons. The van der Waals surface area contributed by atoms with Crippen LogP contribution in [0.3, 0.4) is 0 Å². The van der Waals surface area contributed by atoms with Gasteiger partial charge in [0.05, 0.1) is 5.92 Å².